The van der Waals surface area contributed by atoms with Crippen molar-refractivity contribution in [2.75, 3.05) is 19.8 Å². The topological polar surface area (TPSA) is 6.48 Å². The molecule has 0 amide bonds. The Labute approximate surface area is 64.6 Å². The summed E-state index contributed by atoms with van der Waals surface area (Å²) in [4.78, 5) is 4.26. The first-order valence-electron chi connectivity index (χ1n) is 3.94. The van der Waals surface area contributed by atoms with E-state index in [0.29, 0.717) is 6.04 Å². The van der Waals surface area contributed by atoms with E-state index in [1.807, 2.05) is 4.81 Å². The fourth-order valence-electron chi connectivity index (χ4n) is 1.27. The third-order valence-corrected chi connectivity index (χ3v) is 1.98. The van der Waals surface area contributed by atoms with E-state index < -0.39 is 0 Å². The van der Waals surface area contributed by atoms with E-state index in [2.05, 4.69) is 18.7 Å². The Morgan fingerprint density at radius 3 is 2.40 bits per heavy atom. The summed E-state index contributed by atoms with van der Waals surface area (Å²) in [6, 6.07) is 0.631. The molecular formula is C7H15BN2. The van der Waals surface area contributed by atoms with Crippen molar-refractivity contribution in [3.8, 4) is 0 Å². The zero-order valence-electron chi connectivity index (χ0n) is 6.88. The highest BCUT2D eigenvalue weighted by atomic mass is 15.3. The summed E-state index contributed by atoms with van der Waals surface area (Å²) >= 11 is 0. The molecule has 2 nitrogen and oxygen atoms in total. The van der Waals surface area contributed by atoms with Crippen LogP contribution in [0, 0.1) is 0 Å². The van der Waals surface area contributed by atoms with Gasteiger partial charge in [-0.15, -0.1) is 0 Å². The molecule has 10 heavy (non-hydrogen) atoms. The zero-order valence-corrected chi connectivity index (χ0v) is 6.88. The molecule has 3 heteroatoms. The van der Waals surface area contributed by atoms with E-state index in [-0.39, 0.29) is 0 Å². The lowest BCUT2D eigenvalue weighted by molar-refractivity contribution is 0.117. The van der Waals surface area contributed by atoms with Crippen molar-refractivity contribution in [3.63, 3.8) is 0 Å². The monoisotopic (exact) mass is 138 g/mol. The first kappa shape index (κ1) is 8.09. The van der Waals surface area contributed by atoms with Gasteiger partial charge in [0.1, 0.15) is 0 Å². The molecule has 0 N–H and O–H groups in total. The van der Waals surface area contributed by atoms with Crippen LogP contribution in [0.2, 0.25) is 0 Å². The first-order valence-corrected chi connectivity index (χ1v) is 3.94. The molecule has 1 saturated heterocycles. The van der Waals surface area contributed by atoms with Gasteiger partial charge >= 0.3 is 0 Å². The second-order valence-corrected chi connectivity index (χ2v) is 3.21. The highest BCUT2D eigenvalue weighted by Gasteiger charge is 2.15. The van der Waals surface area contributed by atoms with Gasteiger partial charge in [0.25, 0.3) is 0 Å². The summed E-state index contributed by atoms with van der Waals surface area (Å²) in [6.45, 7) is 7.59. The van der Waals surface area contributed by atoms with Crippen molar-refractivity contribution in [2.24, 2.45) is 0 Å². The standard InChI is InChI=1S/C7H15BN2/c1-7(2)9-4-3-5-10(8)6-9/h7H,3-6H2,1-2H3. The normalized spacial score (nSPS) is 23.9. The summed E-state index contributed by atoms with van der Waals surface area (Å²) in [7, 11) is 5.65. The van der Waals surface area contributed by atoms with E-state index in [0.717, 1.165) is 13.2 Å². The minimum Gasteiger partial charge on any atom is -0.342 e. The van der Waals surface area contributed by atoms with E-state index in [9.17, 15) is 0 Å². The van der Waals surface area contributed by atoms with Crippen LogP contribution in [-0.2, 0) is 0 Å². The molecule has 0 aliphatic carbocycles. The molecule has 0 aromatic heterocycles. The van der Waals surface area contributed by atoms with Crippen LogP contribution in [0.3, 0.4) is 0 Å². The Morgan fingerprint density at radius 2 is 2.00 bits per heavy atom. The van der Waals surface area contributed by atoms with E-state index in [1.165, 1.54) is 13.0 Å². The predicted molar refractivity (Wildman–Crippen MR) is 43.8 cm³/mol. The Hall–Kier alpha value is -0.0151. The molecule has 2 radical (unpaired) electrons. The fourth-order valence-corrected chi connectivity index (χ4v) is 1.27. The summed E-state index contributed by atoms with van der Waals surface area (Å²) in [5, 5.41) is 0. The van der Waals surface area contributed by atoms with Crippen LogP contribution < -0.4 is 0 Å². The molecule has 1 aliphatic heterocycles. The number of nitrogens with zero attached hydrogens (tertiary/aromatic N) is 2. The van der Waals surface area contributed by atoms with E-state index in [4.69, 9.17) is 7.98 Å². The molecule has 0 aromatic rings. The Bertz CT molecular complexity index is 106. The van der Waals surface area contributed by atoms with Gasteiger partial charge in [-0.3, -0.25) is 4.90 Å². The molecule has 0 atom stereocenters. The summed E-state index contributed by atoms with van der Waals surface area (Å²) in [5.74, 6) is 0. The lowest BCUT2D eigenvalue weighted by Crippen LogP contribution is -2.46. The van der Waals surface area contributed by atoms with Crippen LogP contribution >= 0.6 is 0 Å². The van der Waals surface area contributed by atoms with Crippen LogP contribution in [0.15, 0.2) is 0 Å². The highest BCUT2D eigenvalue weighted by molar-refractivity contribution is 6.04. The van der Waals surface area contributed by atoms with Crippen LogP contribution in [0.4, 0.5) is 0 Å². The molecule has 0 unspecified atom stereocenters. The molecule has 0 bridgehead atoms. The van der Waals surface area contributed by atoms with Gasteiger partial charge in [0.05, 0.1) is 0 Å². The Balaban J connectivity index is 2.32. The maximum atomic E-state index is 5.65. The van der Waals surface area contributed by atoms with Gasteiger partial charge in [0, 0.05) is 19.3 Å². The second-order valence-electron chi connectivity index (χ2n) is 3.21. The quantitative estimate of drug-likeness (QED) is 0.485. The highest BCUT2D eigenvalue weighted by Crippen LogP contribution is 2.06. The number of hydrogen-bond acceptors (Lipinski definition) is 2. The first-order chi connectivity index (χ1) is 4.70. The van der Waals surface area contributed by atoms with Gasteiger partial charge in [-0.05, 0) is 26.8 Å². The minimum atomic E-state index is 0.631. The molecule has 0 spiro atoms. The van der Waals surface area contributed by atoms with Crippen LogP contribution in [-0.4, -0.2) is 43.5 Å². The lowest BCUT2D eigenvalue weighted by atomic mass is 10.2. The van der Waals surface area contributed by atoms with Crippen molar-refractivity contribution in [1.82, 2.24) is 9.71 Å². The van der Waals surface area contributed by atoms with Gasteiger partial charge in [-0.1, -0.05) is 0 Å². The third kappa shape index (κ3) is 1.99. The molecule has 0 saturated carbocycles. The zero-order chi connectivity index (χ0) is 7.56. The minimum absolute atomic E-state index is 0.631. The summed E-state index contributed by atoms with van der Waals surface area (Å²) in [6.07, 6.45) is 1.20. The predicted octanol–water partition coefficient (Wildman–Crippen LogP) is 0.444. The lowest BCUT2D eigenvalue weighted by Gasteiger charge is -2.36. The maximum absolute atomic E-state index is 5.65. The Morgan fingerprint density at radius 1 is 1.30 bits per heavy atom. The van der Waals surface area contributed by atoms with Crippen molar-refractivity contribution in [2.45, 2.75) is 26.3 Å². The van der Waals surface area contributed by atoms with Gasteiger partial charge in [-0.25, -0.2) is 0 Å². The average Bonchev–Trinajstić information content (AvgIpc) is 1.88. The number of hydrogen-bond donors (Lipinski definition) is 0. The van der Waals surface area contributed by atoms with Crippen LogP contribution in [0.5, 0.6) is 0 Å². The van der Waals surface area contributed by atoms with Crippen molar-refractivity contribution >= 4 is 7.98 Å². The van der Waals surface area contributed by atoms with E-state index in [1.54, 1.807) is 0 Å². The average molecular weight is 138 g/mol. The van der Waals surface area contributed by atoms with Crippen LogP contribution in [0.25, 0.3) is 0 Å². The molecule has 1 fully saturated rings. The smallest absolute Gasteiger partial charge is 0.184 e. The molecule has 1 heterocycles. The maximum Gasteiger partial charge on any atom is 0.184 e. The van der Waals surface area contributed by atoms with E-state index >= 15 is 0 Å². The Kier molecular flexibility index (Phi) is 2.75. The van der Waals surface area contributed by atoms with Gasteiger partial charge in [0.15, 0.2) is 7.98 Å². The summed E-state index contributed by atoms with van der Waals surface area (Å²) < 4.78 is 0. The molecule has 0 aromatic carbocycles. The second kappa shape index (κ2) is 3.40. The fraction of sp³-hybridized carbons (Fsp3) is 1.00. The van der Waals surface area contributed by atoms with Gasteiger partial charge in [0.2, 0.25) is 0 Å². The van der Waals surface area contributed by atoms with Crippen molar-refractivity contribution in [3.05, 3.63) is 0 Å². The van der Waals surface area contributed by atoms with Crippen LogP contribution in [0.1, 0.15) is 20.3 Å². The largest absolute Gasteiger partial charge is 0.342 e. The molecule has 1 aliphatic rings. The summed E-state index contributed by atoms with van der Waals surface area (Å²) in [5.41, 5.74) is 0. The molecule has 56 valence electrons. The van der Waals surface area contributed by atoms with Crippen molar-refractivity contribution < 1.29 is 0 Å². The molecular weight excluding hydrogens is 123 g/mol. The van der Waals surface area contributed by atoms with Gasteiger partial charge < -0.3 is 4.81 Å². The van der Waals surface area contributed by atoms with Crippen molar-refractivity contribution in [1.29, 1.82) is 0 Å². The number of rotatable bonds is 1. The van der Waals surface area contributed by atoms with Gasteiger partial charge in [-0.2, -0.15) is 0 Å². The SMILES string of the molecule is [B]N1CCCN(C(C)C)C1. The third-order valence-electron chi connectivity index (χ3n) is 1.98. The molecule has 1 rings (SSSR count).